The van der Waals surface area contributed by atoms with Crippen LogP contribution in [0.3, 0.4) is 0 Å². The summed E-state index contributed by atoms with van der Waals surface area (Å²) in [6, 6.07) is 1.17. The molecule has 2 rings (SSSR count). The van der Waals surface area contributed by atoms with E-state index in [1.807, 2.05) is 4.90 Å². The van der Waals surface area contributed by atoms with Gasteiger partial charge in [0.2, 0.25) is 5.91 Å². The van der Waals surface area contributed by atoms with E-state index in [9.17, 15) is 4.79 Å². The van der Waals surface area contributed by atoms with Crippen molar-refractivity contribution in [3.05, 3.63) is 0 Å². The highest BCUT2D eigenvalue weighted by atomic mass is 16.2. The fraction of sp³-hybridized carbons (Fsp3) is 0.944. The second-order valence-electron chi connectivity index (χ2n) is 8.93. The van der Waals surface area contributed by atoms with Crippen molar-refractivity contribution in [1.29, 1.82) is 0 Å². The molecule has 5 heteroatoms. The Bertz CT molecular complexity index is 364. The molecule has 2 heterocycles. The van der Waals surface area contributed by atoms with E-state index < -0.39 is 0 Å². The SMILES string of the molecule is CC(=O)N1CC[C@H](NC(C)(C)C)C1.CC(C)(C)N[C@H]1CCNC1. The van der Waals surface area contributed by atoms with Crippen LogP contribution in [0.25, 0.3) is 0 Å². The topological polar surface area (TPSA) is 56.4 Å². The Hall–Kier alpha value is -0.650. The van der Waals surface area contributed by atoms with Gasteiger partial charge >= 0.3 is 0 Å². The second kappa shape index (κ2) is 8.45. The molecule has 23 heavy (non-hydrogen) atoms. The van der Waals surface area contributed by atoms with Gasteiger partial charge < -0.3 is 20.9 Å². The lowest BCUT2D eigenvalue weighted by Crippen LogP contribution is -2.45. The summed E-state index contributed by atoms with van der Waals surface area (Å²) in [4.78, 5) is 13.0. The van der Waals surface area contributed by atoms with Crippen molar-refractivity contribution >= 4 is 5.91 Å². The van der Waals surface area contributed by atoms with Crippen molar-refractivity contribution in [2.24, 2.45) is 0 Å². The molecule has 0 radical (unpaired) electrons. The monoisotopic (exact) mass is 326 g/mol. The minimum Gasteiger partial charge on any atom is -0.341 e. The fourth-order valence-electron chi connectivity index (χ4n) is 3.17. The Kier molecular flexibility index (Phi) is 7.49. The van der Waals surface area contributed by atoms with Gasteiger partial charge in [0.15, 0.2) is 0 Å². The molecule has 136 valence electrons. The van der Waals surface area contributed by atoms with Crippen molar-refractivity contribution in [2.45, 2.75) is 84.5 Å². The molecule has 0 aliphatic carbocycles. The number of nitrogens with one attached hydrogen (secondary N) is 3. The van der Waals surface area contributed by atoms with Gasteiger partial charge in [-0.1, -0.05) is 0 Å². The van der Waals surface area contributed by atoms with Gasteiger partial charge in [0.1, 0.15) is 0 Å². The van der Waals surface area contributed by atoms with Crippen molar-refractivity contribution in [3.8, 4) is 0 Å². The second-order valence-corrected chi connectivity index (χ2v) is 8.93. The summed E-state index contributed by atoms with van der Waals surface area (Å²) in [7, 11) is 0. The first-order chi connectivity index (χ1) is 10.5. The minimum absolute atomic E-state index is 0.150. The van der Waals surface area contributed by atoms with Gasteiger partial charge in [-0.15, -0.1) is 0 Å². The molecule has 0 bridgehead atoms. The maximum atomic E-state index is 11.1. The van der Waals surface area contributed by atoms with Gasteiger partial charge in [-0.05, 0) is 60.9 Å². The first kappa shape index (κ1) is 20.4. The molecule has 0 aromatic carbocycles. The Morgan fingerprint density at radius 2 is 1.57 bits per heavy atom. The highest BCUT2D eigenvalue weighted by Crippen LogP contribution is 2.12. The molecule has 2 atom stereocenters. The van der Waals surface area contributed by atoms with E-state index in [4.69, 9.17) is 0 Å². The first-order valence-corrected chi connectivity index (χ1v) is 8.98. The third-order valence-electron chi connectivity index (χ3n) is 3.97. The zero-order valence-corrected chi connectivity index (χ0v) is 16.3. The van der Waals surface area contributed by atoms with E-state index in [1.54, 1.807) is 6.92 Å². The van der Waals surface area contributed by atoms with Gasteiger partial charge in [-0.3, -0.25) is 4.79 Å². The van der Waals surface area contributed by atoms with Crippen LogP contribution in [0.2, 0.25) is 0 Å². The molecule has 0 aromatic rings. The van der Waals surface area contributed by atoms with Crippen molar-refractivity contribution in [3.63, 3.8) is 0 Å². The molecular weight excluding hydrogens is 288 g/mol. The largest absolute Gasteiger partial charge is 0.341 e. The normalized spacial score (nSPS) is 25.3. The molecule has 2 aliphatic rings. The molecule has 3 N–H and O–H groups in total. The van der Waals surface area contributed by atoms with Crippen LogP contribution in [-0.2, 0) is 4.79 Å². The maximum Gasteiger partial charge on any atom is 0.219 e. The average Bonchev–Trinajstić information content (AvgIpc) is 2.97. The van der Waals surface area contributed by atoms with E-state index >= 15 is 0 Å². The van der Waals surface area contributed by atoms with Gasteiger partial charge in [-0.25, -0.2) is 0 Å². The highest BCUT2D eigenvalue weighted by molar-refractivity contribution is 5.73. The lowest BCUT2D eigenvalue weighted by molar-refractivity contribution is -0.127. The number of hydrogen-bond acceptors (Lipinski definition) is 4. The zero-order valence-electron chi connectivity index (χ0n) is 16.3. The number of nitrogens with zero attached hydrogens (tertiary/aromatic N) is 1. The summed E-state index contributed by atoms with van der Waals surface area (Å²) in [5.74, 6) is 0.193. The summed E-state index contributed by atoms with van der Waals surface area (Å²) in [6.07, 6.45) is 2.36. The van der Waals surface area contributed by atoms with Crippen LogP contribution in [0, 0.1) is 0 Å². The van der Waals surface area contributed by atoms with Crippen LogP contribution >= 0.6 is 0 Å². The fourth-order valence-corrected chi connectivity index (χ4v) is 3.17. The molecule has 0 spiro atoms. The molecule has 1 amide bonds. The van der Waals surface area contributed by atoms with E-state index in [0.29, 0.717) is 12.1 Å². The molecule has 0 saturated carbocycles. The lowest BCUT2D eigenvalue weighted by Gasteiger charge is -2.25. The van der Waals surface area contributed by atoms with Crippen molar-refractivity contribution in [1.82, 2.24) is 20.9 Å². The van der Waals surface area contributed by atoms with Crippen LogP contribution in [0.5, 0.6) is 0 Å². The number of carbonyl (C=O) groups excluding carboxylic acids is 1. The third kappa shape index (κ3) is 9.28. The smallest absolute Gasteiger partial charge is 0.219 e. The van der Waals surface area contributed by atoms with Gasteiger partial charge in [0, 0.05) is 49.7 Å². The van der Waals surface area contributed by atoms with E-state index in [-0.39, 0.29) is 17.0 Å². The Labute approximate surface area is 143 Å². The molecule has 0 aromatic heterocycles. The number of rotatable bonds is 2. The number of carbonyl (C=O) groups is 1. The molecule has 2 fully saturated rings. The minimum atomic E-state index is 0.150. The van der Waals surface area contributed by atoms with Gasteiger partial charge in [0.25, 0.3) is 0 Å². The third-order valence-corrected chi connectivity index (χ3v) is 3.97. The summed E-state index contributed by atoms with van der Waals surface area (Å²) >= 11 is 0. The van der Waals surface area contributed by atoms with Crippen molar-refractivity contribution < 1.29 is 4.79 Å². The Balaban J connectivity index is 0.000000238. The van der Waals surface area contributed by atoms with E-state index in [2.05, 4.69) is 57.5 Å². The van der Waals surface area contributed by atoms with Crippen LogP contribution in [0.1, 0.15) is 61.3 Å². The van der Waals surface area contributed by atoms with Crippen LogP contribution in [-0.4, -0.2) is 60.1 Å². The average molecular weight is 327 g/mol. The van der Waals surface area contributed by atoms with E-state index in [0.717, 1.165) is 26.1 Å². The molecular formula is C18H38N4O. The summed E-state index contributed by atoms with van der Waals surface area (Å²) in [5.41, 5.74) is 0.425. The Morgan fingerprint density at radius 3 is 1.96 bits per heavy atom. The first-order valence-electron chi connectivity index (χ1n) is 8.98. The van der Waals surface area contributed by atoms with E-state index in [1.165, 1.54) is 13.0 Å². The Morgan fingerprint density at radius 1 is 1.00 bits per heavy atom. The molecule has 2 saturated heterocycles. The highest BCUT2D eigenvalue weighted by Gasteiger charge is 2.26. The van der Waals surface area contributed by atoms with Crippen LogP contribution < -0.4 is 16.0 Å². The zero-order chi connectivity index (χ0) is 17.7. The van der Waals surface area contributed by atoms with Crippen LogP contribution in [0.15, 0.2) is 0 Å². The maximum absolute atomic E-state index is 11.1. The summed E-state index contributed by atoms with van der Waals surface area (Å²) < 4.78 is 0. The number of likely N-dealkylation sites (tertiary alicyclic amines) is 1. The van der Waals surface area contributed by atoms with Gasteiger partial charge in [0.05, 0.1) is 0 Å². The lowest BCUT2D eigenvalue weighted by atomic mass is 10.1. The molecule has 0 unspecified atom stereocenters. The predicted octanol–water partition coefficient (Wildman–Crippen LogP) is 1.73. The summed E-state index contributed by atoms with van der Waals surface area (Å²) in [6.45, 7) is 18.8. The van der Waals surface area contributed by atoms with Crippen LogP contribution in [0.4, 0.5) is 0 Å². The molecule has 2 aliphatic heterocycles. The predicted molar refractivity (Wildman–Crippen MR) is 97.7 cm³/mol. The van der Waals surface area contributed by atoms with Gasteiger partial charge in [-0.2, -0.15) is 0 Å². The quantitative estimate of drug-likeness (QED) is 0.723. The number of hydrogen-bond donors (Lipinski definition) is 3. The number of amides is 1. The molecule has 5 nitrogen and oxygen atoms in total. The summed E-state index contributed by atoms with van der Waals surface area (Å²) in [5, 5.41) is 10.4. The van der Waals surface area contributed by atoms with Crippen molar-refractivity contribution in [2.75, 3.05) is 26.2 Å². The standard InChI is InChI=1S/C10H20N2O.C8H18N2/c1-8(13)12-6-5-9(7-12)11-10(2,3)4;1-8(2,3)10-7-4-5-9-6-7/h9,11H,5-7H2,1-4H3;7,9-10H,4-6H2,1-3H3/t9-;7-/m00/s1.